The number of aryl methyl sites for hydroxylation is 1. The van der Waals surface area contributed by atoms with Crippen LogP contribution in [-0.2, 0) is 10.0 Å². The topological polar surface area (TPSA) is 54.5 Å². The first-order valence-electron chi connectivity index (χ1n) is 7.26. The Bertz CT molecular complexity index is 781. The lowest BCUT2D eigenvalue weighted by atomic mass is 10.2. The Labute approximate surface area is 137 Å². The summed E-state index contributed by atoms with van der Waals surface area (Å²) in [6.07, 6.45) is 1.99. The van der Waals surface area contributed by atoms with Crippen LogP contribution >= 0.6 is 0 Å². The molecular weight excluding hydrogens is 310 g/mol. The van der Waals surface area contributed by atoms with Crippen molar-refractivity contribution in [3.8, 4) is 0 Å². The van der Waals surface area contributed by atoms with E-state index in [0.717, 1.165) is 9.87 Å². The van der Waals surface area contributed by atoms with E-state index < -0.39 is 15.9 Å². The number of carbonyl (C=O) groups is 1. The predicted octanol–water partition coefficient (Wildman–Crippen LogP) is 3.40. The van der Waals surface area contributed by atoms with Crippen LogP contribution in [0, 0.1) is 6.92 Å². The monoisotopic (exact) mass is 329 g/mol. The highest BCUT2D eigenvalue weighted by molar-refractivity contribution is 7.89. The molecule has 0 bridgehead atoms. The normalized spacial score (nSPS) is 11.0. The Balaban J connectivity index is 2.43. The molecule has 2 aromatic rings. The summed E-state index contributed by atoms with van der Waals surface area (Å²) >= 11 is 0. The van der Waals surface area contributed by atoms with Crippen LogP contribution in [0.4, 0.5) is 0 Å². The van der Waals surface area contributed by atoms with E-state index in [1.807, 2.05) is 6.92 Å². The van der Waals surface area contributed by atoms with Gasteiger partial charge in [-0.05, 0) is 37.6 Å². The molecule has 0 saturated carbocycles. The second-order valence-electron chi connectivity index (χ2n) is 5.14. The van der Waals surface area contributed by atoms with E-state index >= 15 is 0 Å². The van der Waals surface area contributed by atoms with E-state index in [9.17, 15) is 13.2 Å². The Morgan fingerprint density at radius 3 is 2.26 bits per heavy atom. The van der Waals surface area contributed by atoms with Crippen molar-refractivity contribution in [3.63, 3.8) is 0 Å². The van der Waals surface area contributed by atoms with Gasteiger partial charge in [-0.1, -0.05) is 42.0 Å². The molecule has 0 aliphatic rings. The number of rotatable bonds is 6. The summed E-state index contributed by atoms with van der Waals surface area (Å²) in [5.41, 5.74) is 1.29. The number of sulfonamides is 1. The molecule has 0 fully saturated rings. The highest BCUT2D eigenvalue weighted by Gasteiger charge is 2.29. The molecule has 5 heteroatoms. The van der Waals surface area contributed by atoms with Gasteiger partial charge in [0.25, 0.3) is 15.9 Å². The maximum absolute atomic E-state index is 12.8. The molecular formula is C18H19NO3S. The zero-order valence-electron chi connectivity index (χ0n) is 13.0. The third kappa shape index (κ3) is 3.87. The SMILES string of the molecule is C=CCCN(C(=O)c1ccccc1)S(=O)(=O)c1ccc(C)cc1. The first kappa shape index (κ1) is 17.0. The van der Waals surface area contributed by atoms with Crippen LogP contribution in [-0.4, -0.2) is 25.2 Å². The van der Waals surface area contributed by atoms with Crippen molar-refractivity contribution >= 4 is 15.9 Å². The van der Waals surface area contributed by atoms with Gasteiger partial charge >= 0.3 is 0 Å². The minimum Gasteiger partial charge on any atom is -0.268 e. The largest absolute Gasteiger partial charge is 0.268 e. The van der Waals surface area contributed by atoms with Crippen molar-refractivity contribution in [3.05, 3.63) is 78.4 Å². The minimum atomic E-state index is -3.90. The zero-order valence-corrected chi connectivity index (χ0v) is 13.8. The molecule has 23 heavy (non-hydrogen) atoms. The van der Waals surface area contributed by atoms with Crippen LogP contribution in [0.15, 0.2) is 72.1 Å². The van der Waals surface area contributed by atoms with Crippen molar-refractivity contribution in [2.24, 2.45) is 0 Å². The standard InChI is InChI=1S/C18H19NO3S/c1-3-4-14-19(18(20)16-8-6-5-7-9-16)23(21,22)17-12-10-15(2)11-13-17/h3,5-13H,1,4,14H2,2H3. The lowest BCUT2D eigenvalue weighted by Crippen LogP contribution is -2.37. The quantitative estimate of drug-likeness (QED) is 0.763. The van der Waals surface area contributed by atoms with Gasteiger partial charge in [0.15, 0.2) is 0 Å². The predicted molar refractivity (Wildman–Crippen MR) is 90.7 cm³/mol. The minimum absolute atomic E-state index is 0.0629. The third-order valence-electron chi connectivity index (χ3n) is 3.39. The van der Waals surface area contributed by atoms with Gasteiger partial charge < -0.3 is 0 Å². The Morgan fingerprint density at radius 1 is 1.09 bits per heavy atom. The fraction of sp³-hybridized carbons (Fsp3) is 0.167. The van der Waals surface area contributed by atoms with E-state index in [-0.39, 0.29) is 11.4 Å². The van der Waals surface area contributed by atoms with Crippen molar-refractivity contribution < 1.29 is 13.2 Å². The summed E-state index contributed by atoms with van der Waals surface area (Å²) < 4.78 is 26.6. The molecule has 0 unspecified atom stereocenters. The Morgan fingerprint density at radius 2 is 1.70 bits per heavy atom. The maximum Gasteiger partial charge on any atom is 0.267 e. The lowest BCUT2D eigenvalue weighted by Gasteiger charge is -2.22. The van der Waals surface area contributed by atoms with Crippen molar-refractivity contribution in [1.82, 2.24) is 4.31 Å². The molecule has 0 aliphatic heterocycles. The van der Waals surface area contributed by atoms with Gasteiger partial charge in [0, 0.05) is 12.1 Å². The number of amides is 1. The molecule has 4 nitrogen and oxygen atoms in total. The second kappa shape index (κ2) is 7.24. The molecule has 2 rings (SSSR count). The molecule has 0 heterocycles. The van der Waals surface area contributed by atoms with Crippen molar-refractivity contribution in [2.75, 3.05) is 6.54 Å². The molecule has 0 aliphatic carbocycles. The zero-order chi connectivity index (χ0) is 16.9. The van der Waals surface area contributed by atoms with Gasteiger partial charge in [-0.2, -0.15) is 0 Å². The molecule has 0 radical (unpaired) electrons. The number of hydrogen-bond acceptors (Lipinski definition) is 3. The maximum atomic E-state index is 12.8. The summed E-state index contributed by atoms with van der Waals surface area (Å²) in [4.78, 5) is 12.8. The molecule has 120 valence electrons. The van der Waals surface area contributed by atoms with Gasteiger partial charge in [0.1, 0.15) is 0 Å². The number of carbonyl (C=O) groups excluding carboxylic acids is 1. The van der Waals surface area contributed by atoms with E-state index in [1.54, 1.807) is 48.5 Å². The lowest BCUT2D eigenvalue weighted by molar-refractivity contribution is 0.0863. The Hall–Kier alpha value is -2.40. The van der Waals surface area contributed by atoms with Crippen LogP contribution in [0.1, 0.15) is 22.3 Å². The third-order valence-corrected chi connectivity index (χ3v) is 5.19. The van der Waals surface area contributed by atoms with E-state index in [2.05, 4.69) is 6.58 Å². The number of hydrogen-bond donors (Lipinski definition) is 0. The highest BCUT2D eigenvalue weighted by atomic mass is 32.2. The van der Waals surface area contributed by atoms with Gasteiger partial charge in [0.2, 0.25) is 0 Å². The van der Waals surface area contributed by atoms with Gasteiger partial charge in [0.05, 0.1) is 4.90 Å². The smallest absolute Gasteiger partial charge is 0.267 e. The molecule has 1 amide bonds. The number of benzene rings is 2. The Kier molecular flexibility index (Phi) is 5.34. The molecule has 2 aromatic carbocycles. The van der Waals surface area contributed by atoms with Crippen LogP contribution < -0.4 is 0 Å². The number of nitrogens with zero attached hydrogens (tertiary/aromatic N) is 1. The van der Waals surface area contributed by atoms with Crippen LogP contribution in [0.25, 0.3) is 0 Å². The average molecular weight is 329 g/mol. The molecule has 0 atom stereocenters. The average Bonchev–Trinajstić information content (AvgIpc) is 2.56. The van der Waals surface area contributed by atoms with Crippen molar-refractivity contribution in [2.45, 2.75) is 18.2 Å². The highest BCUT2D eigenvalue weighted by Crippen LogP contribution is 2.19. The van der Waals surface area contributed by atoms with Gasteiger partial charge in [-0.3, -0.25) is 4.79 Å². The molecule has 0 spiro atoms. The van der Waals surface area contributed by atoms with Gasteiger partial charge in [-0.15, -0.1) is 6.58 Å². The molecule has 0 aromatic heterocycles. The first-order valence-corrected chi connectivity index (χ1v) is 8.70. The van der Waals surface area contributed by atoms with E-state index in [4.69, 9.17) is 0 Å². The van der Waals surface area contributed by atoms with Gasteiger partial charge in [-0.25, -0.2) is 12.7 Å². The summed E-state index contributed by atoms with van der Waals surface area (Å²) in [6, 6.07) is 14.9. The van der Waals surface area contributed by atoms with Crippen molar-refractivity contribution in [1.29, 1.82) is 0 Å². The summed E-state index contributed by atoms with van der Waals surface area (Å²) in [6.45, 7) is 5.54. The summed E-state index contributed by atoms with van der Waals surface area (Å²) in [7, 11) is -3.90. The van der Waals surface area contributed by atoms with Crippen LogP contribution in [0.3, 0.4) is 0 Å². The fourth-order valence-corrected chi connectivity index (χ4v) is 3.51. The van der Waals surface area contributed by atoms with E-state index in [1.165, 1.54) is 12.1 Å². The fourth-order valence-electron chi connectivity index (χ4n) is 2.10. The summed E-state index contributed by atoms with van der Waals surface area (Å²) in [5.74, 6) is -0.534. The van der Waals surface area contributed by atoms with Crippen LogP contribution in [0.5, 0.6) is 0 Å². The second-order valence-corrected chi connectivity index (χ2v) is 7.00. The first-order chi connectivity index (χ1) is 11.0. The van der Waals surface area contributed by atoms with E-state index in [0.29, 0.717) is 12.0 Å². The van der Waals surface area contributed by atoms with Crippen LogP contribution in [0.2, 0.25) is 0 Å². The molecule has 0 saturated heterocycles. The summed E-state index contributed by atoms with van der Waals surface area (Å²) in [5, 5.41) is 0. The molecule has 0 N–H and O–H groups in total.